The van der Waals surface area contributed by atoms with Crippen LogP contribution in [-0.4, -0.2) is 11.5 Å². The highest BCUT2D eigenvalue weighted by molar-refractivity contribution is 5.60. The lowest BCUT2D eigenvalue weighted by molar-refractivity contribution is 0.889. The Morgan fingerprint density at radius 1 is 1.58 bits per heavy atom. The fourth-order valence-electron chi connectivity index (χ4n) is 1.14. The van der Waals surface area contributed by atoms with Gasteiger partial charge in [0.1, 0.15) is 5.82 Å². The molecule has 0 amide bonds. The van der Waals surface area contributed by atoms with Crippen molar-refractivity contribution < 1.29 is 0 Å². The van der Waals surface area contributed by atoms with E-state index in [1.807, 2.05) is 12.1 Å². The van der Waals surface area contributed by atoms with E-state index in [4.69, 9.17) is 5.73 Å². The predicted molar refractivity (Wildman–Crippen MR) is 49.9 cm³/mol. The second-order valence-corrected chi connectivity index (χ2v) is 3.26. The summed E-state index contributed by atoms with van der Waals surface area (Å²) in [7, 11) is 0. The van der Waals surface area contributed by atoms with Gasteiger partial charge >= 0.3 is 0 Å². The van der Waals surface area contributed by atoms with Crippen LogP contribution in [0, 0.1) is 5.92 Å². The highest BCUT2D eigenvalue weighted by Crippen LogP contribution is 2.29. The Kier molecular flexibility index (Phi) is 1.86. The van der Waals surface area contributed by atoms with E-state index in [1.165, 1.54) is 12.8 Å². The Bertz CT molecular complexity index is 268. The SMILES string of the molecule is Nc1ncccc1NCC1CC1. The summed E-state index contributed by atoms with van der Waals surface area (Å²) in [6, 6.07) is 3.86. The third-order valence-electron chi connectivity index (χ3n) is 2.12. The van der Waals surface area contributed by atoms with Gasteiger partial charge in [0.2, 0.25) is 0 Å². The fourth-order valence-corrected chi connectivity index (χ4v) is 1.14. The number of anilines is 2. The fraction of sp³-hybridized carbons (Fsp3) is 0.444. The maximum Gasteiger partial charge on any atom is 0.146 e. The molecule has 1 aliphatic carbocycles. The molecule has 0 radical (unpaired) electrons. The van der Waals surface area contributed by atoms with Crippen LogP contribution in [0.3, 0.4) is 0 Å². The minimum atomic E-state index is 0.596. The molecule has 3 nitrogen and oxygen atoms in total. The molecule has 1 heterocycles. The Morgan fingerprint density at radius 3 is 3.08 bits per heavy atom. The zero-order valence-corrected chi connectivity index (χ0v) is 6.96. The van der Waals surface area contributed by atoms with Gasteiger partial charge in [-0.05, 0) is 30.9 Å². The first-order valence-electron chi connectivity index (χ1n) is 4.30. The summed E-state index contributed by atoms with van der Waals surface area (Å²) in [6.45, 7) is 1.04. The van der Waals surface area contributed by atoms with E-state index < -0.39 is 0 Å². The third-order valence-corrected chi connectivity index (χ3v) is 2.12. The molecule has 1 aromatic heterocycles. The van der Waals surface area contributed by atoms with Crippen LogP contribution >= 0.6 is 0 Å². The lowest BCUT2D eigenvalue weighted by atomic mass is 10.3. The van der Waals surface area contributed by atoms with Crippen molar-refractivity contribution in [2.24, 2.45) is 5.92 Å². The van der Waals surface area contributed by atoms with Crippen LogP contribution < -0.4 is 11.1 Å². The van der Waals surface area contributed by atoms with Gasteiger partial charge in [0.25, 0.3) is 0 Å². The van der Waals surface area contributed by atoms with Crippen LogP contribution in [0.4, 0.5) is 11.5 Å². The van der Waals surface area contributed by atoms with E-state index >= 15 is 0 Å². The molecule has 0 atom stereocenters. The van der Waals surface area contributed by atoms with E-state index in [0.29, 0.717) is 5.82 Å². The summed E-state index contributed by atoms with van der Waals surface area (Å²) in [4.78, 5) is 3.99. The molecular formula is C9H13N3. The molecule has 0 bridgehead atoms. The minimum absolute atomic E-state index is 0.596. The summed E-state index contributed by atoms with van der Waals surface area (Å²) in [5.74, 6) is 1.46. The van der Waals surface area contributed by atoms with Crippen molar-refractivity contribution in [3.63, 3.8) is 0 Å². The summed E-state index contributed by atoms with van der Waals surface area (Å²) < 4.78 is 0. The summed E-state index contributed by atoms with van der Waals surface area (Å²) >= 11 is 0. The summed E-state index contributed by atoms with van der Waals surface area (Å²) in [5, 5.41) is 3.29. The Labute approximate surface area is 72.0 Å². The van der Waals surface area contributed by atoms with Crippen LogP contribution in [0.15, 0.2) is 18.3 Å². The van der Waals surface area contributed by atoms with Gasteiger partial charge in [0, 0.05) is 12.7 Å². The van der Waals surface area contributed by atoms with Crippen molar-refractivity contribution in [3.8, 4) is 0 Å². The first-order valence-corrected chi connectivity index (χ1v) is 4.30. The smallest absolute Gasteiger partial charge is 0.146 e. The molecule has 0 unspecified atom stereocenters. The van der Waals surface area contributed by atoms with Crippen molar-refractivity contribution in [2.75, 3.05) is 17.6 Å². The van der Waals surface area contributed by atoms with Gasteiger partial charge in [-0.3, -0.25) is 0 Å². The largest absolute Gasteiger partial charge is 0.382 e. The van der Waals surface area contributed by atoms with Gasteiger partial charge in [-0.2, -0.15) is 0 Å². The zero-order valence-electron chi connectivity index (χ0n) is 6.96. The predicted octanol–water partition coefficient (Wildman–Crippen LogP) is 1.49. The molecule has 0 aromatic carbocycles. The number of nitrogens with two attached hydrogens (primary N) is 1. The monoisotopic (exact) mass is 163 g/mol. The number of nitrogens with one attached hydrogen (secondary N) is 1. The minimum Gasteiger partial charge on any atom is -0.382 e. The maximum atomic E-state index is 5.65. The maximum absolute atomic E-state index is 5.65. The third kappa shape index (κ3) is 1.67. The van der Waals surface area contributed by atoms with Crippen molar-refractivity contribution in [1.29, 1.82) is 0 Å². The van der Waals surface area contributed by atoms with Gasteiger partial charge in [-0.1, -0.05) is 0 Å². The average Bonchev–Trinajstić information content (AvgIpc) is 2.86. The van der Waals surface area contributed by atoms with Gasteiger partial charge < -0.3 is 11.1 Å². The Balaban J connectivity index is 1.96. The van der Waals surface area contributed by atoms with E-state index in [2.05, 4.69) is 10.3 Å². The highest BCUT2D eigenvalue weighted by atomic mass is 15.0. The summed E-state index contributed by atoms with van der Waals surface area (Å²) in [6.07, 6.45) is 4.41. The van der Waals surface area contributed by atoms with Gasteiger partial charge in [0.15, 0.2) is 0 Å². The van der Waals surface area contributed by atoms with Crippen LogP contribution in [-0.2, 0) is 0 Å². The molecular weight excluding hydrogens is 150 g/mol. The van der Waals surface area contributed by atoms with Gasteiger partial charge in [-0.15, -0.1) is 0 Å². The van der Waals surface area contributed by atoms with E-state index in [0.717, 1.165) is 18.2 Å². The molecule has 0 aliphatic heterocycles. The number of hydrogen-bond donors (Lipinski definition) is 2. The van der Waals surface area contributed by atoms with E-state index in [1.54, 1.807) is 6.20 Å². The quantitative estimate of drug-likeness (QED) is 0.709. The summed E-state index contributed by atoms with van der Waals surface area (Å²) in [5.41, 5.74) is 6.62. The Hall–Kier alpha value is -1.25. The Morgan fingerprint density at radius 2 is 2.42 bits per heavy atom. The number of hydrogen-bond acceptors (Lipinski definition) is 3. The molecule has 3 heteroatoms. The molecule has 1 fully saturated rings. The van der Waals surface area contributed by atoms with E-state index in [-0.39, 0.29) is 0 Å². The second-order valence-electron chi connectivity index (χ2n) is 3.26. The highest BCUT2D eigenvalue weighted by Gasteiger charge is 2.20. The molecule has 0 spiro atoms. The lowest BCUT2D eigenvalue weighted by Gasteiger charge is -2.06. The van der Waals surface area contributed by atoms with Crippen LogP contribution in [0.25, 0.3) is 0 Å². The number of pyridine rings is 1. The molecule has 2 rings (SSSR count). The van der Waals surface area contributed by atoms with Crippen molar-refractivity contribution in [3.05, 3.63) is 18.3 Å². The van der Waals surface area contributed by atoms with Gasteiger partial charge in [0.05, 0.1) is 5.69 Å². The number of nitrogens with zero attached hydrogens (tertiary/aromatic N) is 1. The normalized spacial score (nSPS) is 16.0. The molecule has 1 aromatic rings. The van der Waals surface area contributed by atoms with Crippen LogP contribution in [0.2, 0.25) is 0 Å². The molecule has 1 saturated carbocycles. The first-order chi connectivity index (χ1) is 5.86. The van der Waals surface area contributed by atoms with Crippen molar-refractivity contribution >= 4 is 11.5 Å². The second kappa shape index (κ2) is 3.01. The zero-order chi connectivity index (χ0) is 8.39. The van der Waals surface area contributed by atoms with Crippen LogP contribution in [0.5, 0.6) is 0 Å². The topological polar surface area (TPSA) is 50.9 Å². The average molecular weight is 163 g/mol. The first kappa shape index (κ1) is 7.40. The van der Waals surface area contributed by atoms with Crippen LogP contribution in [0.1, 0.15) is 12.8 Å². The number of rotatable bonds is 3. The number of aromatic nitrogens is 1. The molecule has 12 heavy (non-hydrogen) atoms. The van der Waals surface area contributed by atoms with Crippen molar-refractivity contribution in [2.45, 2.75) is 12.8 Å². The number of nitrogen functional groups attached to an aromatic ring is 1. The van der Waals surface area contributed by atoms with Crippen molar-refractivity contribution in [1.82, 2.24) is 4.98 Å². The molecule has 3 N–H and O–H groups in total. The molecule has 0 saturated heterocycles. The molecule has 1 aliphatic rings. The standard InChI is InChI=1S/C9H13N3/c10-9-8(2-1-5-11-9)12-6-7-3-4-7/h1-2,5,7,12H,3-4,6H2,(H2,10,11). The lowest BCUT2D eigenvalue weighted by Crippen LogP contribution is -2.06. The molecule has 64 valence electrons. The van der Waals surface area contributed by atoms with E-state index in [9.17, 15) is 0 Å². The van der Waals surface area contributed by atoms with Gasteiger partial charge in [-0.25, -0.2) is 4.98 Å².